The van der Waals surface area contributed by atoms with Gasteiger partial charge in [-0.15, -0.1) is 0 Å². The van der Waals surface area contributed by atoms with E-state index in [0.29, 0.717) is 6.10 Å². The third-order valence-electron chi connectivity index (χ3n) is 3.67. The highest BCUT2D eigenvalue weighted by atomic mass is 16.5. The van der Waals surface area contributed by atoms with Crippen molar-refractivity contribution in [1.29, 1.82) is 0 Å². The zero-order chi connectivity index (χ0) is 13.9. The van der Waals surface area contributed by atoms with Crippen LogP contribution in [0.15, 0.2) is 30.3 Å². The number of rotatable bonds is 10. The van der Waals surface area contributed by atoms with Gasteiger partial charge in [-0.05, 0) is 25.8 Å². The molecule has 0 N–H and O–H groups in total. The summed E-state index contributed by atoms with van der Waals surface area (Å²) in [5, 5.41) is 0. The third kappa shape index (κ3) is 7.37. The van der Waals surface area contributed by atoms with Crippen LogP contribution in [0.5, 0.6) is 0 Å². The summed E-state index contributed by atoms with van der Waals surface area (Å²) in [5.74, 6) is 0. The van der Waals surface area contributed by atoms with Gasteiger partial charge in [0.25, 0.3) is 0 Å². The Kier molecular flexibility index (Phi) is 8.57. The minimum Gasteiger partial charge on any atom is -0.371 e. The fraction of sp³-hybridized carbons (Fsp3) is 0.667. The molecule has 0 heterocycles. The topological polar surface area (TPSA) is 9.23 Å². The lowest BCUT2D eigenvalue weighted by atomic mass is 10.1. The summed E-state index contributed by atoms with van der Waals surface area (Å²) in [6, 6.07) is 10.5. The summed E-state index contributed by atoms with van der Waals surface area (Å²) in [5.41, 5.74) is 1.28. The van der Waals surface area contributed by atoms with E-state index < -0.39 is 0 Å². The second-order valence-corrected chi connectivity index (χ2v) is 5.56. The van der Waals surface area contributed by atoms with Crippen LogP contribution >= 0.6 is 0 Å². The van der Waals surface area contributed by atoms with Crippen molar-refractivity contribution in [3.63, 3.8) is 0 Å². The SMILES string of the molecule is CCCCCCCCC(C)OC(C)c1ccccc1. The summed E-state index contributed by atoms with van der Waals surface area (Å²) >= 11 is 0. The Morgan fingerprint density at radius 1 is 0.895 bits per heavy atom. The van der Waals surface area contributed by atoms with Crippen molar-refractivity contribution in [2.75, 3.05) is 0 Å². The molecule has 2 unspecified atom stereocenters. The van der Waals surface area contributed by atoms with Crippen molar-refractivity contribution >= 4 is 0 Å². The Morgan fingerprint density at radius 3 is 2.21 bits per heavy atom. The Labute approximate surface area is 119 Å². The van der Waals surface area contributed by atoms with E-state index in [-0.39, 0.29) is 6.10 Å². The molecule has 0 aliphatic carbocycles. The minimum atomic E-state index is 0.205. The van der Waals surface area contributed by atoms with Crippen LogP contribution in [0.3, 0.4) is 0 Å². The maximum Gasteiger partial charge on any atom is 0.0800 e. The van der Waals surface area contributed by atoms with E-state index in [0.717, 1.165) is 0 Å². The molecule has 1 heteroatoms. The quantitative estimate of drug-likeness (QED) is 0.477. The highest BCUT2D eigenvalue weighted by Crippen LogP contribution is 2.20. The molecule has 0 fully saturated rings. The van der Waals surface area contributed by atoms with Gasteiger partial charge in [-0.25, -0.2) is 0 Å². The number of benzene rings is 1. The van der Waals surface area contributed by atoms with E-state index in [1.54, 1.807) is 0 Å². The first kappa shape index (κ1) is 16.2. The zero-order valence-corrected chi connectivity index (χ0v) is 12.9. The predicted octanol–water partition coefficient (Wildman–Crippen LogP) is 5.90. The molecule has 1 aromatic carbocycles. The van der Waals surface area contributed by atoms with Crippen LogP contribution in [0.2, 0.25) is 0 Å². The Morgan fingerprint density at radius 2 is 1.53 bits per heavy atom. The number of unbranched alkanes of at least 4 members (excludes halogenated alkanes) is 5. The third-order valence-corrected chi connectivity index (χ3v) is 3.67. The standard InChI is InChI=1S/C18H30O/c1-4-5-6-7-8-10-13-16(2)19-17(3)18-14-11-9-12-15-18/h9,11-12,14-17H,4-8,10,13H2,1-3H3. The summed E-state index contributed by atoms with van der Waals surface area (Å²) in [4.78, 5) is 0. The molecule has 0 bridgehead atoms. The average molecular weight is 262 g/mol. The van der Waals surface area contributed by atoms with Gasteiger partial charge in [0.1, 0.15) is 0 Å². The van der Waals surface area contributed by atoms with Gasteiger partial charge >= 0.3 is 0 Å². The molecule has 1 aromatic rings. The fourth-order valence-electron chi connectivity index (χ4n) is 2.43. The Bertz CT molecular complexity index is 307. The van der Waals surface area contributed by atoms with Gasteiger partial charge in [-0.3, -0.25) is 0 Å². The Hall–Kier alpha value is -0.820. The average Bonchev–Trinajstić information content (AvgIpc) is 2.43. The molecule has 1 rings (SSSR count). The van der Waals surface area contributed by atoms with E-state index in [9.17, 15) is 0 Å². The predicted molar refractivity (Wildman–Crippen MR) is 83.4 cm³/mol. The monoisotopic (exact) mass is 262 g/mol. The smallest absolute Gasteiger partial charge is 0.0800 e. The number of hydrogen-bond donors (Lipinski definition) is 0. The first-order chi connectivity index (χ1) is 9.24. The highest BCUT2D eigenvalue weighted by molar-refractivity contribution is 5.16. The van der Waals surface area contributed by atoms with E-state index in [2.05, 4.69) is 51.1 Å². The fourth-order valence-corrected chi connectivity index (χ4v) is 2.43. The normalized spacial score (nSPS) is 14.3. The molecular weight excluding hydrogens is 232 g/mol. The molecule has 19 heavy (non-hydrogen) atoms. The molecule has 0 saturated carbocycles. The molecule has 0 aliphatic heterocycles. The van der Waals surface area contributed by atoms with Gasteiger partial charge < -0.3 is 4.74 Å². The lowest BCUT2D eigenvalue weighted by Gasteiger charge is -2.19. The molecule has 0 radical (unpaired) electrons. The van der Waals surface area contributed by atoms with Crippen LogP contribution in [-0.4, -0.2) is 6.10 Å². The summed E-state index contributed by atoms with van der Waals surface area (Å²) in [7, 11) is 0. The van der Waals surface area contributed by atoms with Crippen molar-refractivity contribution in [3.8, 4) is 0 Å². The van der Waals surface area contributed by atoms with Crippen molar-refractivity contribution in [1.82, 2.24) is 0 Å². The molecule has 0 aromatic heterocycles. The van der Waals surface area contributed by atoms with Crippen LogP contribution < -0.4 is 0 Å². The largest absolute Gasteiger partial charge is 0.371 e. The molecule has 0 saturated heterocycles. The van der Waals surface area contributed by atoms with Gasteiger partial charge in [0, 0.05) is 0 Å². The van der Waals surface area contributed by atoms with Gasteiger partial charge in [0.15, 0.2) is 0 Å². The molecular formula is C18H30O. The summed E-state index contributed by atoms with van der Waals surface area (Å²) < 4.78 is 6.06. The molecule has 0 spiro atoms. The van der Waals surface area contributed by atoms with Crippen molar-refractivity contribution in [2.24, 2.45) is 0 Å². The molecule has 108 valence electrons. The van der Waals surface area contributed by atoms with Crippen LogP contribution in [0, 0.1) is 0 Å². The molecule has 2 atom stereocenters. The first-order valence-corrected chi connectivity index (χ1v) is 7.94. The molecule has 0 amide bonds. The number of hydrogen-bond acceptors (Lipinski definition) is 1. The Balaban J connectivity index is 2.12. The molecule has 1 nitrogen and oxygen atoms in total. The van der Waals surface area contributed by atoms with Crippen molar-refractivity contribution < 1.29 is 4.74 Å². The van der Waals surface area contributed by atoms with E-state index in [1.807, 2.05) is 0 Å². The van der Waals surface area contributed by atoms with Gasteiger partial charge in [0.05, 0.1) is 12.2 Å². The van der Waals surface area contributed by atoms with Gasteiger partial charge in [-0.1, -0.05) is 75.8 Å². The van der Waals surface area contributed by atoms with Crippen LogP contribution in [0.25, 0.3) is 0 Å². The number of ether oxygens (including phenoxy) is 1. The zero-order valence-electron chi connectivity index (χ0n) is 12.9. The van der Waals surface area contributed by atoms with Gasteiger partial charge in [-0.2, -0.15) is 0 Å². The van der Waals surface area contributed by atoms with Crippen molar-refractivity contribution in [3.05, 3.63) is 35.9 Å². The van der Waals surface area contributed by atoms with E-state index >= 15 is 0 Å². The van der Waals surface area contributed by atoms with Gasteiger partial charge in [0.2, 0.25) is 0 Å². The lowest BCUT2D eigenvalue weighted by Crippen LogP contribution is -2.11. The second-order valence-electron chi connectivity index (χ2n) is 5.56. The maximum absolute atomic E-state index is 6.06. The van der Waals surface area contributed by atoms with Crippen LogP contribution in [0.1, 0.15) is 77.4 Å². The van der Waals surface area contributed by atoms with Crippen molar-refractivity contribution in [2.45, 2.75) is 77.9 Å². The van der Waals surface area contributed by atoms with E-state index in [1.165, 1.54) is 50.5 Å². The minimum absolute atomic E-state index is 0.205. The lowest BCUT2D eigenvalue weighted by molar-refractivity contribution is 0.00161. The second kappa shape index (κ2) is 10.0. The highest BCUT2D eigenvalue weighted by Gasteiger charge is 2.09. The summed E-state index contributed by atoms with van der Waals surface area (Å²) in [6.45, 7) is 6.61. The van der Waals surface area contributed by atoms with Crippen LogP contribution in [-0.2, 0) is 4.74 Å². The molecule has 0 aliphatic rings. The maximum atomic E-state index is 6.06. The summed E-state index contributed by atoms with van der Waals surface area (Å²) in [6.07, 6.45) is 9.90. The van der Waals surface area contributed by atoms with E-state index in [4.69, 9.17) is 4.74 Å². The first-order valence-electron chi connectivity index (χ1n) is 7.94. The van der Waals surface area contributed by atoms with Crippen LogP contribution in [0.4, 0.5) is 0 Å².